The number of nitrogens with zero attached hydrogens (tertiary/aromatic N) is 1. The van der Waals surface area contributed by atoms with Gasteiger partial charge < -0.3 is 0 Å². The lowest BCUT2D eigenvalue weighted by molar-refractivity contribution is 0.112. The lowest BCUT2D eigenvalue weighted by Crippen LogP contribution is -1.93. The van der Waals surface area contributed by atoms with Crippen molar-refractivity contribution in [1.29, 1.82) is 0 Å². The summed E-state index contributed by atoms with van der Waals surface area (Å²) in [5, 5.41) is 0.681. The van der Waals surface area contributed by atoms with Crippen LogP contribution in [0, 0.1) is 6.92 Å². The van der Waals surface area contributed by atoms with Crippen LogP contribution < -0.4 is 0 Å². The summed E-state index contributed by atoms with van der Waals surface area (Å²) in [6.45, 7) is 1.92. The van der Waals surface area contributed by atoms with E-state index in [0.29, 0.717) is 16.3 Å². The van der Waals surface area contributed by atoms with Crippen LogP contribution in [0.4, 0.5) is 0 Å². The van der Waals surface area contributed by atoms with Crippen molar-refractivity contribution in [2.24, 2.45) is 0 Å². The van der Waals surface area contributed by atoms with E-state index in [2.05, 4.69) is 4.98 Å². The molecule has 1 aromatic carbocycles. The van der Waals surface area contributed by atoms with Gasteiger partial charge in [-0.3, -0.25) is 9.78 Å². The molecule has 0 aliphatic rings. The SMILES string of the molecule is Cc1c(Cl)cccc1-c1ncccc1C=O. The molecule has 0 atom stereocenters. The number of hydrogen-bond donors (Lipinski definition) is 0. The molecule has 0 aliphatic carbocycles. The maximum Gasteiger partial charge on any atom is 0.152 e. The van der Waals surface area contributed by atoms with E-state index in [9.17, 15) is 4.79 Å². The number of rotatable bonds is 2. The van der Waals surface area contributed by atoms with Crippen molar-refractivity contribution in [2.75, 3.05) is 0 Å². The molecule has 0 spiro atoms. The first-order chi connectivity index (χ1) is 7.74. The molecule has 0 saturated carbocycles. The van der Waals surface area contributed by atoms with E-state index in [-0.39, 0.29) is 0 Å². The van der Waals surface area contributed by atoms with Crippen molar-refractivity contribution in [2.45, 2.75) is 6.92 Å². The van der Waals surface area contributed by atoms with Crippen molar-refractivity contribution in [3.63, 3.8) is 0 Å². The highest BCUT2D eigenvalue weighted by Gasteiger charge is 2.09. The summed E-state index contributed by atoms with van der Waals surface area (Å²) in [7, 11) is 0. The highest BCUT2D eigenvalue weighted by atomic mass is 35.5. The third kappa shape index (κ3) is 1.84. The molecule has 0 radical (unpaired) electrons. The van der Waals surface area contributed by atoms with Crippen LogP contribution in [-0.4, -0.2) is 11.3 Å². The summed E-state index contributed by atoms with van der Waals surface area (Å²) in [6, 6.07) is 9.08. The predicted octanol–water partition coefficient (Wildman–Crippen LogP) is 3.52. The number of halogens is 1. The lowest BCUT2D eigenvalue weighted by Gasteiger charge is -2.08. The third-order valence-corrected chi connectivity index (χ3v) is 2.90. The quantitative estimate of drug-likeness (QED) is 0.741. The zero-order chi connectivity index (χ0) is 11.5. The summed E-state index contributed by atoms with van der Waals surface area (Å²) in [5.74, 6) is 0. The van der Waals surface area contributed by atoms with Gasteiger partial charge in [0.1, 0.15) is 0 Å². The molecule has 0 unspecified atom stereocenters. The number of aromatic nitrogens is 1. The molecule has 0 saturated heterocycles. The van der Waals surface area contributed by atoms with E-state index in [0.717, 1.165) is 17.4 Å². The van der Waals surface area contributed by atoms with Gasteiger partial charge in [-0.25, -0.2) is 0 Å². The fraction of sp³-hybridized carbons (Fsp3) is 0.0769. The van der Waals surface area contributed by atoms with Crippen LogP contribution in [0.15, 0.2) is 36.5 Å². The minimum absolute atomic E-state index is 0.577. The average molecular weight is 232 g/mol. The van der Waals surface area contributed by atoms with Gasteiger partial charge in [-0.05, 0) is 30.7 Å². The molecular formula is C13H10ClNO. The Morgan fingerprint density at radius 3 is 2.81 bits per heavy atom. The van der Waals surface area contributed by atoms with E-state index in [1.54, 1.807) is 18.3 Å². The molecule has 0 aliphatic heterocycles. The number of aldehydes is 1. The Hall–Kier alpha value is -1.67. The maximum atomic E-state index is 10.9. The fourth-order valence-corrected chi connectivity index (χ4v) is 1.78. The molecule has 1 aromatic heterocycles. The topological polar surface area (TPSA) is 30.0 Å². The molecule has 0 fully saturated rings. The van der Waals surface area contributed by atoms with Crippen molar-refractivity contribution in [1.82, 2.24) is 4.98 Å². The van der Waals surface area contributed by atoms with E-state index < -0.39 is 0 Å². The highest BCUT2D eigenvalue weighted by Crippen LogP contribution is 2.28. The first-order valence-electron chi connectivity index (χ1n) is 4.89. The fourth-order valence-electron chi connectivity index (χ4n) is 1.60. The molecule has 80 valence electrons. The van der Waals surface area contributed by atoms with Gasteiger partial charge in [0.05, 0.1) is 5.69 Å². The molecule has 3 heteroatoms. The Kier molecular flexibility index (Phi) is 3.02. The standard InChI is InChI=1S/C13H10ClNO/c1-9-11(5-2-6-12(9)14)13-10(8-16)4-3-7-15-13/h2-8H,1H3. The van der Waals surface area contributed by atoms with Gasteiger partial charge in [0, 0.05) is 22.3 Å². The van der Waals surface area contributed by atoms with Gasteiger partial charge in [0.25, 0.3) is 0 Å². The molecule has 0 N–H and O–H groups in total. The van der Waals surface area contributed by atoms with Gasteiger partial charge >= 0.3 is 0 Å². The number of carbonyl (C=O) groups is 1. The third-order valence-electron chi connectivity index (χ3n) is 2.49. The van der Waals surface area contributed by atoms with E-state index in [1.165, 1.54) is 0 Å². The molecule has 0 bridgehead atoms. The smallest absolute Gasteiger partial charge is 0.152 e. The average Bonchev–Trinajstić information content (AvgIpc) is 2.33. The van der Waals surface area contributed by atoms with Gasteiger partial charge in [0.2, 0.25) is 0 Å². The van der Waals surface area contributed by atoms with Crippen LogP contribution in [-0.2, 0) is 0 Å². The molecule has 16 heavy (non-hydrogen) atoms. The first kappa shape index (κ1) is 10.8. The zero-order valence-electron chi connectivity index (χ0n) is 8.77. The number of hydrogen-bond acceptors (Lipinski definition) is 2. The van der Waals surface area contributed by atoms with E-state index in [1.807, 2.05) is 25.1 Å². The van der Waals surface area contributed by atoms with E-state index in [4.69, 9.17) is 11.6 Å². The number of pyridine rings is 1. The van der Waals surface area contributed by atoms with Gasteiger partial charge in [-0.15, -0.1) is 0 Å². The molecule has 2 rings (SSSR count). The maximum absolute atomic E-state index is 10.9. The summed E-state index contributed by atoms with van der Waals surface area (Å²) < 4.78 is 0. The minimum Gasteiger partial charge on any atom is -0.298 e. The van der Waals surface area contributed by atoms with Crippen molar-refractivity contribution in [3.8, 4) is 11.3 Å². The summed E-state index contributed by atoms with van der Waals surface area (Å²) in [4.78, 5) is 15.2. The van der Waals surface area contributed by atoms with Crippen LogP contribution in [0.5, 0.6) is 0 Å². The van der Waals surface area contributed by atoms with Gasteiger partial charge in [-0.1, -0.05) is 23.7 Å². The van der Waals surface area contributed by atoms with Crippen molar-refractivity contribution in [3.05, 3.63) is 52.7 Å². The van der Waals surface area contributed by atoms with Crippen LogP contribution in [0.1, 0.15) is 15.9 Å². The molecular weight excluding hydrogens is 222 g/mol. The highest BCUT2D eigenvalue weighted by molar-refractivity contribution is 6.31. The van der Waals surface area contributed by atoms with Crippen LogP contribution in [0.2, 0.25) is 5.02 Å². The van der Waals surface area contributed by atoms with Gasteiger partial charge in [-0.2, -0.15) is 0 Å². The Morgan fingerprint density at radius 2 is 2.06 bits per heavy atom. The Morgan fingerprint density at radius 1 is 1.25 bits per heavy atom. The van der Waals surface area contributed by atoms with Crippen LogP contribution >= 0.6 is 11.6 Å². The number of carbonyl (C=O) groups excluding carboxylic acids is 1. The normalized spacial score (nSPS) is 10.1. The van der Waals surface area contributed by atoms with Crippen molar-refractivity contribution >= 4 is 17.9 Å². The Balaban J connectivity index is 2.67. The van der Waals surface area contributed by atoms with Gasteiger partial charge in [0.15, 0.2) is 6.29 Å². The van der Waals surface area contributed by atoms with Crippen molar-refractivity contribution < 1.29 is 4.79 Å². The molecule has 0 amide bonds. The monoisotopic (exact) mass is 231 g/mol. The second kappa shape index (κ2) is 4.45. The van der Waals surface area contributed by atoms with E-state index >= 15 is 0 Å². The lowest BCUT2D eigenvalue weighted by atomic mass is 10.0. The predicted molar refractivity (Wildman–Crippen MR) is 64.8 cm³/mol. The second-order valence-corrected chi connectivity index (χ2v) is 3.88. The largest absolute Gasteiger partial charge is 0.298 e. The molecule has 1 heterocycles. The van der Waals surface area contributed by atoms with Crippen LogP contribution in [0.3, 0.4) is 0 Å². The summed E-state index contributed by atoms with van der Waals surface area (Å²) in [6.07, 6.45) is 2.48. The molecule has 2 nitrogen and oxygen atoms in total. The first-order valence-corrected chi connectivity index (χ1v) is 5.27. The second-order valence-electron chi connectivity index (χ2n) is 3.47. The summed E-state index contributed by atoms with van der Waals surface area (Å²) in [5.41, 5.74) is 3.09. The number of benzene rings is 1. The Bertz CT molecular complexity index is 537. The summed E-state index contributed by atoms with van der Waals surface area (Å²) >= 11 is 6.04. The van der Waals surface area contributed by atoms with Crippen LogP contribution in [0.25, 0.3) is 11.3 Å². The minimum atomic E-state index is 0.577. The zero-order valence-corrected chi connectivity index (χ0v) is 9.53. The molecule has 2 aromatic rings. The Labute approximate surface area is 98.9 Å².